The van der Waals surface area contributed by atoms with E-state index in [-0.39, 0.29) is 41.8 Å². The van der Waals surface area contributed by atoms with E-state index < -0.39 is 28.8 Å². The first-order valence-electron chi connectivity index (χ1n) is 16.4. The van der Waals surface area contributed by atoms with Gasteiger partial charge in [-0.25, -0.2) is 18.2 Å². The number of anilines is 2. The highest BCUT2D eigenvalue weighted by Crippen LogP contribution is 2.50. The molecule has 0 saturated carbocycles. The summed E-state index contributed by atoms with van der Waals surface area (Å²) in [5.41, 5.74) is 0.490. The Morgan fingerprint density at radius 3 is 2.46 bits per heavy atom. The molecule has 3 aliphatic heterocycles. The predicted octanol–water partition coefficient (Wildman–Crippen LogP) is 8.02. The van der Waals surface area contributed by atoms with Gasteiger partial charge in [-0.1, -0.05) is 71.0 Å². The molecule has 0 radical (unpaired) electrons. The molecule has 0 aliphatic carbocycles. The van der Waals surface area contributed by atoms with Gasteiger partial charge in [-0.3, -0.25) is 4.79 Å². The van der Waals surface area contributed by atoms with Gasteiger partial charge in [-0.15, -0.1) is 0 Å². The van der Waals surface area contributed by atoms with Crippen LogP contribution in [0.2, 0.25) is 5.02 Å². The van der Waals surface area contributed by atoms with E-state index >= 15 is 8.78 Å². The molecule has 252 valence electrons. The molecule has 46 heavy (non-hydrogen) atoms. The second kappa shape index (κ2) is 14.0. The van der Waals surface area contributed by atoms with Crippen LogP contribution < -0.4 is 15.5 Å². The van der Waals surface area contributed by atoms with Crippen LogP contribution in [-0.4, -0.2) is 59.7 Å². The van der Waals surface area contributed by atoms with E-state index in [9.17, 15) is 9.18 Å². The Kier molecular flexibility index (Phi) is 10.9. The van der Waals surface area contributed by atoms with E-state index in [0.717, 1.165) is 11.3 Å². The maximum atomic E-state index is 16.7. The third-order valence-electron chi connectivity index (χ3n) is 9.83. The van der Waals surface area contributed by atoms with Crippen LogP contribution in [0.5, 0.6) is 0 Å². The van der Waals surface area contributed by atoms with Gasteiger partial charge in [0.05, 0.1) is 29.0 Å². The van der Waals surface area contributed by atoms with Gasteiger partial charge in [0.1, 0.15) is 11.5 Å². The van der Waals surface area contributed by atoms with Gasteiger partial charge in [-0.2, -0.15) is 0 Å². The fourth-order valence-electron chi connectivity index (χ4n) is 6.73. The lowest BCUT2D eigenvalue weighted by Crippen LogP contribution is -2.62. The number of aromatic nitrogens is 1. The number of likely N-dealkylation sites (tertiary alicyclic amines) is 1. The molecule has 10 heteroatoms. The molecular formula is C36H49ClF3N5O. The molecule has 1 amide bonds. The summed E-state index contributed by atoms with van der Waals surface area (Å²) in [5, 5.41) is 6.16. The van der Waals surface area contributed by atoms with Gasteiger partial charge >= 0.3 is 0 Å². The maximum absolute atomic E-state index is 16.7. The summed E-state index contributed by atoms with van der Waals surface area (Å²) in [4.78, 5) is 21.0. The normalized spacial score (nSPS) is 25.4. The predicted molar refractivity (Wildman–Crippen MR) is 182 cm³/mol. The molecule has 1 aromatic heterocycles. The van der Waals surface area contributed by atoms with Gasteiger partial charge in [0, 0.05) is 48.4 Å². The quantitative estimate of drug-likeness (QED) is 0.281. The number of alkyl halides is 1. The van der Waals surface area contributed by atoms with Gasteiger partial charge in [0.15, 0.2) is 11.6 Å². The van der Waals surface area contributed by atoms with Crippen molar-refractivity contribution in [3.8, 4) is 0 Å². The van der Waals surface area contributed by atoms with E-state index in [1.807, 2.05) is 38.7 Å². The van der Waals surface area contributed by atoms with E-state index in [0.29, 0.717) is 48.7 Å². The first-order chi connectivity index (χ1) is 21.7. The molecule has 3 unspecified atom stereocenters. The summed E-state index contributed by atoms with van der Waals surface area (Å²) in [6.07, 6.45) is 4.42. The number of hydrogen-bond acceptors (Lipinski definition) is 5. The molecule has 2 N–H and O–H groups in total. The lowest BCUT2D eigenvalue weighted by molar-refractivity contribution is -0.138. The van der Waals surface area contributed by atoms with Gasteiger partial charge in [0.25, 0.3) is 0 Å². The number of hydrogen-bond donors (Lipinski definition) is 2. The second-order valence-corrected chi connectivity index (χ2v) is 13.8. The van der Waals surface area contributed by atoms with Crippen molar-refractivity contribution in [2.75, 3.05) is 36.4 Å². The third kappa shape index (κ3) is 6.68. The van der Waals surface area contributed by atoms with Crippen LogP contribution in [0.15, 0.2) is 48.3 Å². The van der Waals surface area contributed by atoms with Gasteiger partial charge in [-0.05, 0) is 57.1 Å². The first kappa shape index (κ1) is 35.8. The Morgan fingerprint density at radius 2 is 1.87 bits per heavy atom. The number of amides is 1. The standard InChI is InChI=1S/C34H43ClF3N5O.C2H6/c1-8-23(20(4)19(2)3)21(5)43-18-34(7,24-10-9-11-25(35)29(24)36)28-27(43)14-39-31(30(28)37)41-22-15-42(16-22)32(44)26-12-13-33(6,38)17-40-26;1-2/h8-11,14,19-20,22,26,40H,5,12-13,15-18H2,1-4,6-7H3,(H,39,41);1-2H3/b23-8-;/t20?,26?,33?,34-;/m1./s1. The fraction of sp³-hybridized carbons (Fsp3) is 0.556. The molecule has 2 aromatic rings. The number of allylic oxidation sites excluding steroid dienone is 2. The van der Waals surface area contributed by atoms with Crippen molar-refractivity contribution in [1.29, 1.82) is 0 Å². The van der Waals surface area contributed by atoms with Crippen molar-refractivity contribution in [2.24, 2.45) is 11.8 Å². The van der Waals surface area contributed by atoms with E-state index in [4.69, 9.17) is 11.6 Å². The molecule has 6 nitrogen and oxygen atoms in total. The van der Waals surface area contributed by atoms with Crippen LogP contribution in [0.25, 0.3) is 0 Å². The smallest absolute Gasteiger partial charge is 0.239 e. The van der Waals surface area contributed by atoms with Crippen LogP contribution in [0, 0.1) is 23.5 Å². The highest BCUT2D eigenvalue weighted by Gasteiger charge is 2.47. The number of piperidine rings is 1. The van der Waals surface area contributed by atoms with E-state index in [1.54, 1.807) is 23.2 Å². The Hall–Kier alpha value is -3.04. The molecule has 4 heterocycles. The fourth-order valence-corrected chi connectivity index (χ4v) is 6.91. The van der Waals surface area contributed by atoms with Crippen LogP contribution in [0.4, 0.5) is 24.7 Å². The Bertz CT molecular complexity index is 1480. The minimum Gasteiger partial charge on any atom is -0.361 e. The number of halogens is 4. The van der Waals surface area contributed by atoms with E-state index in [1.165, 1.54) is 13.0 Å². The summed E-state index contributed by atoms with van der Waals surface area (Å²) < 4.78 is 46.4. The zero-order valence-corrected chi connectivity index (χ0v) is 29.2. The zero-order valence-electron chi connectivity index (χ0n) is 28.4. The largest absolute Gasteiger partial charge is 0.361 e. The third-order valence-corrected chi connectivity index (χ3v) is 10.1. The summed E-state index contributed by atoms with van der Waals surface area (Å²) in [5.74, 6) is -0.633. The lowest BCUT2D eigenvalue weighted by Gasteiger charge is -2.43. The number of nitrogens with zero attached hydrogens (tertiary/aromatic N) is 3. The van der Waals surface area contributed by atoms with Crippen LogP contribution in [0.1, 0.15) is 79.4 Å². The molecular weight excluding hydrogens is 611 g/mol. The molecule has 2 saturated heterocycles. The van der Waals surface area contributed by atoms with E-state index in [2.05, 4.69) is 43.0 Å². The topological polar surface area (TPSA) is 60.5 Å². The average Bonchev–Trinajstić information content (AvgIpc) is 3.31. The second-order valence-electron chi connectivity index (χ2n) is 13.4. The summed E-state index contributed by atoms with van der Waals surface area (Å²) in [7, 11) is 0. The Labute approximate surface area is 277 Å². The van der Waals surface area contributed by atoms with Crippen LogP contribution in [0.3, 0.4) is 0 Å². The summed E-state index contributed by atoms with van der Waals surface area (Å²) >= 11 is 6.22. The monoisotopic (exact) mass is 659 g/mol. The lowest BCUT2D eigenvalue weighted by atomic mass is 9.77. The minimum absolute atomic E-state index is 0.0271. The molecule has 1 aromatic carbocycles. The number of fused-ring (bicyclic) bond motifs is 1. The number of carbonyl (C=O) groups is 1. The molecule has 0 bridgehead atoms. The number of rotatable bonds is 8. The number of carbonyl (C=O) groups excluding carboxylic acids is 1. The maximum Gasteiger partial charge on any atom is 0.239 e. The molecule has 5 rings (SSSR count). The van der Waals surface area contributed by atoms with Crippen molar-refractivity contribution < 1.29 is 18.0 Å². The minimum atomic E-state index is -1.31. The van der Waals surface area contributed by atoms with Gasteiger partial charge < -0.3 is 20.4 Å². The first-order valence-corrected chi connectivity index (χ1v) is 16.8. The zero-order chi connectivity index (χ0) is 34.1. The molecule has 0 spiro atoms. The highest BCUT2D eigenvalue weighted by molar-refractivity contribution is 6.30. The van der Waals surface area contributed by atoms with Crippen molar-refractivity contribution in [2.45, 2.75) is 91.4 Å². The highest BCUT2D eigenvalue weighted by atomic mass is 35.5. The molecule has 4 atom stereocenters. The molecule has 3 aliphatic rings. The molecule has 2 fully saturated rings. The average molecular weight is 660 g/mol. The number of benzene rings is 1. The number of nitrogens with one attached hydrogen (secondary N) is 2. The van der Waals surface area contributed by atoms with Crippen molar-refractivity contribution in [3.63, 3.8) is 0 Å². The SMILES string of the molecule is C=C(/C(=C\C)C(C)C(C)C)N1C[C@](C)(c2cccc(Cl)c2F)c2c1cnc(NC1CN(C(=O)C3CCC(C)(F)CN3)C1)c2F.CC. The van der Waals surface area contributed by atoms with Crippen LogP contribution >= 0.6 is 11.6 Å². The summed E-state index contributed by atoms with van der Waals surface area (Å²) in [6.45, 7) is 21.3. The number of pyridine rings is 1. The summed E-state index contributed by atoms with van der Waals surface area (Å²) in [6, 6.07) is 4.18. The van der Waals surface area contributed by atoms with Crippen LogP contribution in [-0.2, 0) is 10.2 Å². The van der Waals surface area contributed by atoms with Crippen molar-refractivity contribution in [1.82, 2.24) is 15.2 Å². The van der Waals surface area contributed by atoms with Crippen molar-refractivity contribution in [3.05, 3.63) is 76.1 Å². The Balaban J connectivity index is 0.00000235. The van der Waals surface area contributed by atoms with Crippen molar-refractivity contribution >= 4 is 29.0 Å². The Morgan fingerprint density at radius 1 is 1.20 bits per heavy atom. The van der Waals surface area contributed by atoms with Gasteiger partial charge in [0.2, 0.25) is 5.91 Å².